The lowest BCUT2D eigenvalue weighted by Gasteiger charge is -2.61. The fourth-order valence-corrected chi connectivity index (χ4v) is 9.49. The van der Waals surface area contributed by atoms with Crippen LogP contribution in [0, 0.1) is 39.4 Å². The molecule has 0 spiro atoms. The zero-order valence-electron chi connectivity index (χ0n) is 26.3. The first-order valence-electron chi connectivity index (χ1n) is 15.1. The molecule has 0 bridgehead atoms. The second-order valence-electron chi connectivity index (χ2n) is 14.4. The number of aliphatic carboxylic acids is 1. The molecule has 2 saturated carbocycles. The Morgan fingerprint density at radius 3 is 2.17 bits per heavy atom. The Morgan fingerprint density at radius 1 is 0.976 bits per heavy atom. The predicted octanol–water partition coefficient (Wildman–Crippen LogP) is 6.61. The minimum Gasteiger partial charge on any atom is -0.478 e. The van der Waals surface area contributed by atoms with Crippen LogP contribution in [0.15, 0.2) is 34.9 Å². The third-order valence-corrected chi connectivity index (χ3v) is 11.8. The largest absolute Gasteiger partial charge is 0.478 e. The minimum absolute atomic E-state index is 0.0224. The number of carbonyl (C=O) groups is 4. The smallest absolute Gasteiger partial charge is 0.331 e. The topological polar surface area (TPSA) is 107 Å². The number of esters is 2. The highest BCUT2D eigenvalue weighted by Crippen LogP contribution is 2.72. The summed E-state index contributed by atoms with van der Waals surface area (Å²) in [6.45, 7) is 17.8. The van der Waals surface area contributed by atoms with Crippen LogP contribution in [0.2, 0.25) is 0 Å². The standard InChI is InChI=1S/C34H48O7/c1-19(16-23(37)17-20(2)30(38)39)26-18-29(41-22(4)36)34(9)25-10-11-27-31(5,6)28(40-21(3)35)13-14-32(27,7)24(25)12-15-33(26,34)8/h10,12,17,19,26-29H,11,13-16,18H2,1-9H3,(H,38,39)/b20-17+/t19-,26+,27-,28+,29-,32+,33+,34+/m0/s1. The quantitative estimate of drug-likeness (QED) is 0.272. The van der Waals surface area contributed by atoms with E-state index in [-0.39, 0.29) is 70.0 Å². The Bertz CT molecular complexity index is 1240. The number of carbonyl (C=O) groups excluding carboxylic acids is 3. The number of carboxylic acids is 1. The van der Waals surface area contributed by atoms with Crippen LogP contribution in [-0.2, 0) is 28.7 Å². The van der Waals surface area contributed by atoms with Crippen LogP contribution in [0.3, 0.4) is 0 Å². The molecule has 7 nitrogen and oxygen atoms in total. The van der Waals surface area contributed by atoms with E-state index in [0.717, 1.165) is 25.7 Å². The molecule has 0 saturated heterocycles. The summed E-state index contributed by atoms with van der Waals surface area (Å²) in [6, 6.07) is 0. The summed E-state index contributed by atoms with van der Waals surface area (Å²) in [5, 5.41) is 9.22. The Labute approximate surface area is 244 Å². The first kappa shape index (κ1) is 31.2. The van der Waals surface area contributed by atoms with E-state index in [0.29, 0.717) is 12.3 Å². The second-order valence-corrected chi connectivity index (χ2v) is 14.4. The number of carboxylic acid groups (broad SMARTS) is 1. The van der Waals surface area contributed by atoms with E-state index in [1.807, 2.05) is 0 Å². The Kier molecular flexibility index (Phi) is 8.03. The lowest BCUT2D eigenvalue weighted by atomic mass is 9.44. The van der Waals surface area contributed by atoms with Crippen LogP contribution in [0.4, 0.5) is 0 Å². The van der Waals surface area contributed by atoms with Crippen molar-refractivity contribution in [1.82, 2.24) is 0 Å². The third kappa shape index (κ3) is 4.91. The van der Waals surface area contributed by atoms with E-state index < -0.39 is 11.4 Å². The van der Waals surface area contributed by atoms with Crippen molar-refractivity contribution in [2.45, 2.75) is 113 Å². The minimum atomic E-state index is -1.09. The number of hydrogen-bond donors (Lipinski definition) is 1. The van der Waals surface area contributed by atoms with Gasteiger partial charge in [-0.25, -0.2) is 4.79 Å². The number of fused-ring (bicyclic) bond motifs is 5. The number of hydrogen-bond acceptors (Lipinski definition) is 6. The van der Waals surface area contributed by atoms with E-state index in [1.165, 1.54) is 38.0 Å². The predicted molar refractivity (Wildman–Crippen MR) is 156 cm³/mol. The van der Waals surface area contributed by atoms with E-state index in [2.05, 4.69) is 53.7 Å². The molecule has 4 rings (SSSR count). The number of rotatable bonds is 7. The number of ketones is 1. The van der Waals surface area contributed by atoms with Gasteiger partial charge in [-0.05, 0) is 84.8 Å². The van der Waals surface area contributed by atoms with Crippen LogP contribution in [0.25, 0.3) is 0 Å². The summed E-state index contributed by atoms with van der Waals surface area (Å²) >= 11 is 0. The molecule has 226 valence electrons. The molecular weight excluding hydrogens is 520 g/mol. The van der Waals surface area contributed by atoms with Crippen LogP contribution in [-0.4, -0.2) is 41.0 Å². The molecule has 0 radical (unpaired) electrons. The van der Waals surface area contributed by atoms with E-state index >= 15 is 0 Å². The molecule has 4 aliphatic rings. The van der Waals surface area contributed by atoms with Crippen LogP contribution in [0.1, 0.15) is 101 Å². The van der Waals surface area contributed by atoms with Gasteiger partial charge in [-0.1, -0.05) is 53.7 Å². The highest BCUT2D eigenvalue weighted by atomic mass is 16.5. The van der Waals surface area contributed by atoms with Crippen LogP contribution < -0.4 is 0 Å². The molecule has 0 aromatic rings. The van der Waals surface area contributed by atoms with Crippen molar-refractivity contribution in [3.63, 3.8) is 0 Å². The van der Waals surface area contributed by atoms with Crippen molar-refractivity contribution < 1.29 is 33.8 Å². The molecule has 1 N–H and O–H groups in total. The molecule has 4 aliphatic carbocycles. The van der Waals surface area contributed by atoms with Gasteiger partial charge in [0, 0.05) is 36.7 Å². The van der Waals surface area contributed by atoms with Gasteiger partial charge in [0.1, 0.15) is 12.2 Å². The molecule has 0 aliphatic heterocycles. The zero-order valence-corrected chi connectivity index (χ0v) is 26.3. The normalized spacial score (nSPS) is 38.3. The van der Waals surface area contributed by atoms with Crippen molar-refractivity contribution in [3.05, 3.63) is 34.9 Å². The van der Waals surface area contributed by atoms with E-state index in [9.17, 15) is 24.3 Å². The SMILES string of the molecule is CC(=O)O[C@H]1C[C@H]([C@@H](C)CC(=O)/C=C(\C)C(=O)O)[C@@]2(C)CC=C3C(=CC[C@H]4C(C)(C)[C@H](OC(C)=O)CC[C@]34C)[C@]12C. The maximum atomic E-state index is 12.8. The third-order valence-electron chi connectivity index (χ3n) is 11.8. The molecule has 0 unspecified atom stereocenters. The van der Waals surface area contributed by atoms with Gasteiger partial charge in [0.05, 0.1) is 0 Å². The summed E-state index contributed by atoms with van der Waals surface area (Å²) in [5.41, 5.74) is 1.63. The summed E-state index contributed by atoms with van der Waals surface area (Å²) in [5.74, 6) is -1.45. The molecule has 41 heavy (non-hydrogen) atoms. The van der Waals surface area contributed by atoms with Crippen LogP contribution in [0.5, 0.6) is 0 Å². The molecule has 7 heteroatoms. The van der Waals surface area contributed by atoms with Gasteiger partial charge in [-0.15, -0.1) is 0 Å². The first-order valence-corrected chi connectivity index (χ1v) is 15.1. The van der Waals surface area contributed by atoms with Crippen molar-refractivity contribution in [1.29, 1.82) is 0 Å². The first-order chi connectivity index (χ1) is 18.9. The van der Waals surface area contributed by atoms with Gasteiger partial charge < -0.3 is 14.6 Å². The van der Waals surface area contributed by atoms with E-state index in [4.69, 9.17) is 9.47 Å². The fraction of sp³-hybridized carbons (Fsp3) is 0.706. The molecule has 8 atom stereocenters. The van der Waals surface area contributed by atoms with Crippen molar-refractivity contribution >= 4 is 23.7 Å². The Balaban J connectivity index is 1.74. The van der Waals surface area contributed by atoms with Gasteiger partial charge in [0.2, 0.25) is 0 Å². The van der Waals surface area contributed by atoms with E-state index in [1.54, 1.807) is 0 Å². The Morgan fingerprint density at radius 2 is 1.59 bits per heavy atom. The van der Waals surface area contributed by atoms with Crippen LogP contribution >= 0.6 is 0 Å². The van der Waals surface area contributed by atoms with Gasteiger partial charge >= 0.3 is 17.9 Å². The van der Waals surface area contributed by atoms with Gasteiger partial charge in [0.15, 0.2) is 5.78 Å². The Hall–Kier alpha value is -2.70. The fourth-order valence-electron chi connectivity index (χ4n) is 9.49. The monoisotopic (exact) mass is 568 g/mol. The maximum Gasteiger partial charge on any atom is 0.331 e. The van der Waals surface area contributed by atoms with Gasteiger partial charge in [0.25, 0.3) is 0 Å². The summed E-state index contributed by atoms with van der Waals surface area (Å²) in [7, 11) is 0. The summed E-state index contributed by atoms with van der Waals surface area (Å²) in [4.78, 5) is 48.4. The average molecular weight is 569 g/mol. The maximum absolute atomic E-state index is 12.8. The lowest BCUT2D eigenvalue weighted by Crippen LogP contribution is -2.56. The molecule has 0 heterocycles. The van der Waals surface area contributed by atoms with Gasteiger partial charge in [-0.2, -0.15) is 0 Å². The number of allylic oxidation sites excluding steroid dienone is 4. The molecule has 0 aromatic carbocycles. The van der Waals surface area contributed by atoms with Crippen molar-refractivity contribution in [3.8, 4) is 0 Å². The molecule has 0 amide bonds. The van der Waals surface area contributed by atoms with Crippen molar-refractivity contribution in [2.75, 3.05) is 0 Å². The highest BCUT2D eigenvalue weighted by Gasteiger charge is 2.67. The number of ether oxygens (including phenoxy) is 2. The zero-order chi connectivity index (χ0) is 30.7. The highest BCUT2D eigenvalue weighted by molar-refractivity contribution is 5.98. The molecular formula is C34H48O7. The lowest BCUT2D eigenvalue weighted by molar-refractivity contribution is -0.166. The molecule has 2 fully saturated rings. The van der Waals surface area contributed by atoms with Gasteiger partial charge in [-0.3, -0.25) is 14.4 Å². The summed E-state index contributed by atoms with van der Waals surface area (Å²) in [6.07, 6.45) is 9.82. The average Bonchev–Trinajstić information content (AvgIpc) is 3.07. The second kappa shape index (κ2) is 10.5. The molecule has 0 aromatic heterocycles. The summed E-state index contributed by atoms with van der Waals surface area (Å²) < 4.78 is 11.9. The van der Waals surface area contributed by atoms with Crippen molar-refractivity contribution in [2.24, 2.45) is 39.4 Å².